The average molecular weight is 336 g/mol. The third-order valence-electron chi connectivity index (χ3n) is 3.94. The highest BCUT2D eigenvalue weighted by Gasteiger charge is 2.14. The van der Waals surface area contributed by atoms with Crippen LogP contribution in [0.4, 0.5) is 10.1 Å². The number of halogens is 1. The van der Waals surface area contributed by atoms with Gasteiger partial charge >= 0.3 is 0 Å². The van der Waals surface area contributed by atoms with Crippen LogP contribution in [0.3, 0.4) is 0 Å². The summed E-state index contributed by atoms with van der Waals surface area (Å²) in [5.41, 5.74) is 3.57. The lowest BCUT2D eigenvalue weighted by atomic mass is 10.0. The minimum atomic E-state index is -0.371. The van der Waals surface area contributed by atoms with Crippen LogP contribution in [0.5, 0.6) is 0 Å². The van der Waals surface area contributed by atoms with Gasteiger partial charge in [-0.05, 0) is 41.0 Å². The van der Waals surface area contributed by atoms with E-state index >= 15 is 0 Å². The second-order valence-corrected chi connectivity index (χ2v) is 5.70. The van der Waals surface area contributed by atoms with Crippen LogP contribution < -0.4 is 5.32 Å². The van der Waals surface area contributed by atoms with Gasteiger partial charge in [-0.15, -0.1) is 0 Å². The highest BCUT2D eigenvalue weighted by Crippen LogP contribution is 2.26. The van der Waals surface area contributed by atoms with Crippen molar-refractivity contribution < 1.29 is 9.31 Å². The molecule has 5 heteroatoms. The number of hydrogen-bond donors (Lipinski definition) is 1. The van der Waals surface area contributed by atoms with Gasteiger partial charge in [-0.1, -0.05) is 42.5 Å². The Morgan fingerprint density at radius 1 is 0.880 bits per heavy atom. The zero-order chi connectivity index (χ0) is 17.6. The lowest BCUT2D eigenvalue weighted by Crippen LogP contribution is -2.14. The van der Waals surface area contributed by atoms with E-state index in [-0.39, 0.29) is 16.4 Å². The minimum absolute atomic E-state index is 0.0892. The standard InChI is InChI=1S/C20H17FN2O2/c21-19-9-6-15(7-10-19)13-22-14-18-12-17(8-11-20(18)23(24)25)16-4-2-1-3-5-16/h1-12,22H,13-14H2. The molecule has 25 heavy (non-hydrogen) atoms. The van der Waals surface area contributed by atoms with Gasteiger partial charge in [0.2, 0.25) is 0 Å². The Kier molecular flexibility index (Phi) is 5.16. The van der Waals surface area contributed by atoms with Crippen molar-refractivity contribution in [3.63, 3.8) is 0 Å². The van der Waals surface area contributed by atoms with Gasteiger partial charge in [0, 0.05) is 24.7 Å². The molecule has 0 unspecified atom stereocenters. The second-order valence-electron chi connectivity index (χ2n) is 5.70. The largest absolute Gasteiger partial charge is 0.308 e. The van der Waals surface area contributed by atoms with Crippen molar-refractivity contribution in [3.05, 3.63) is 99.9 Å². The molecule has 0 radical (unpaired) electrons. The van der Waals surface area contributed by atoms with Crippen molar-refractivity contribution in [1.29, 1.82) is 0 Å². The Labute approximate surface area is 145 Å². The molecular formula is C20H17FN2O2. The van der Waals surface area contributed by atoms with Gasteiger partial charge in [0.25, 0.3) is 5.69 Å². The van der Waals surface area contributed by atoms with Crippen LogP contribution in [0.15, 0.2) is 72.8 Å². The molecule has 0 heterocycles. The number of hydrogen-bond acceptors (Lipinski definition) is 3. The van der Waals surface area contributed by atoms with Crippen LogP contribution in [0.25, 0.3) is 11.1 Å². The highest BCUT2D eigenvalue weighted by atomic mass is 19.1. The molecule has 3 aromatic carbocycles. The molecule has 0 saturated carbocycles. The van der Waals surface area contributed by atoms with E-state index in [4.69, 9.17) is 0 Å². The maximum Gasteiger partial charge on any atom is 0.273 e. The topological polar surface area (TPSA) is 55.2 Å². The summed E-state index contributed by atoms with van der Waals surface area (Å²) in [4.78, 5) is 10.9. The molecule has 0 aliphatic heterocycles. The lowest BCUT2D eigenvalue weighted by molar-refractivity contribution is -0.385. The molecule has 3 rings (SSSR count). The Morgan fingerprint density at radius 2 is 1.60 bits per heavy atom. The number of benzene rings is 3. The molecule has 1 N–H and O–H groups in total. The summed E-state index contributed by atoms with van der Waals surface area (Å²) in [6.07, 6.45) is 0. The molecule has 0 amide bonds. The van der Waals surface area contributed by atoms with E-state index in [1.807, 2.05) is 36.4 Å². The second kappa shape index (κ2) is 7.68. The van der Waals surface area contributed by atoms with Crippen molar-refractivity contribution in [2.75, 3.05) is 0 Å². The minimum Gasteiger partial charge on any atom is -0.308 e. The summed E-state index contributed by atoms with van der Waals surface area (Å²) < 4.78 is 12.9. The number of nitro benzene ring substituents is 1. The van der Waals surface area contributed by atoms with Crippen molar-refractivity contribution in [3.8, 4) is 11.1 Å². The fraction of sp³-hybridized carbons (Fsp3) is 0.100. The normalized spacial score (nSPS) is 10.6. The first-order valence-electron chi connectivity index (χ1n) is 7.91. The zero-order valence-electron chi connectivity index (χ0n) is 13.5. The van der Waals surface area contributed by atoms with E-state index in [1.54, 1.807) is 18.2 Å². The molecule has 0 bridgehead atoms. The van der Waals surface area contributed by atoms with Gasteiger partial charge in [-0.3, -0.25) is 10.1 Å². The smallest absolute Gasteiger partial charge is 0.273 e. The van der Waals surface area contributed by atoms with Crippen molar-refractivity contribution in [2.24, 2.45) is 0 Å². The predicted octanol–water partition coefficient (Wildman–Crippen LogP) is 4.69. The third-order valence-corrected chi connectivity index (χ3v) is 3.94. The molecule has 0 fully saturated rings. The molecule has 0 aliphatic rings. The van der Waals surface area contributed by atoms with Crippen LogP contribution in [-0.2, 0) is 13.1 Å². The van der Waals surface area contributed by atoms with Gasteiger partial charge in [-0.2, -0.15) is 0 Å². The summed E-state index contributed by atoms with van der Waals surface area (Å²) >= 11 is 0. The Bertz CT molecular complexity index is 865. The third kappa shape index (κ3) is 4.28. The summed E-state index contributed by atoms with van der Waals surface area (Å²) in [6, 6.07) is 21.1. The van der Waals surface area contributed by atoms with Crippen LogP contribution in [-0.4, -0.2) is 4.92 Å². The quantitative estimate of drug-likeness (QED) is 0.525. The van der Waals surface area contributed by atoms with Crippen LogP contribution in [0, 0.1) is 15.9 Å². The summed E-state index contributed by atoms with van der Waals surface area (Å²) in [5.74, 6) is -0.282. The van der Waals surface area contributed by atoms with Crippen LogP contribution in [0.1, 0.15) is 11.1 Å². The van der Waals surface area contributed by atoms with E-state index in [9.17, 15) is 14.5 Å². The molecule has 0 saturated heterocycles. The van der Waals surface area contributed by atoms with E-state index in [0.29, 0.717) is 18.7 Å². The maximum atomic E-state index is 12.9. The van der Waals surface area contributed by atoms with E-state index in [0.717, 1.165) is 16.7 Å². The summed E-state index contributed by atoms with van der Waals surface area (Å²) in [6.45, 7) is 0.862. The van der Waals surface area contributed by atoms with Crippen LogP contribution >= 0.6 is 0 Å². The number of rotatable bonds is 6. The van der Waals surface area contributed by atoms with E-state index in [1.165, 1.54) is 18.2 Å². The first-order valence-corrected chi connectivity index (χ1v) is 7.91. The molecule has 4 nitrogen and oxygen atoms in total. The Morgan fingerprint density at radius 3 is 2.28 bits per heavy atom. The van der Waals surface area contributed by atoms with Crippen molar-refractivity contribution >= 4 is 5.69 Å². The highest BCUT2D eigenvalue weighted by molar-refractivity contribution is 5.66. The van der Waals surface area contributed by atoms with Gasteiger partial charge in [0.05, 0.1) is 4.92 Å². The zero-order valence-corrected chi connectivity index (χ0v) is 13.5. The number of nitro groups is 1. The van der Waals surface area contributed by atoms with Gasteiger partial charge in [0.15, 0.2) is 0 Å². The first-order chi connectivity index (χ1) is 12.1. The lowest BCUT2D eigenvalue weighted by Gasteiger charge is -2.09. The maximum absolute atomic E-state index is 12.9. The Hall–Kier alpha value is -3.05. The molecule has 0 aliphatic carbocycles. The summed E-state index contributed by atoms with van der Waals surface area (Å²) in [5, 5.41) is 14.5. The fourth-order valence-electron chi connectivity index (χ4n) is 2.66. The van der Waals surface area contributed by atoms with Crippen LogP contribution in [0.2, 0.25) is 0 Å². The van der Waals surface area contributed by atoms with Gasteiger partial charge in [-0.25, -0.2) is 4.39 Å². The molecule has 3 aromatic rings. The fourth-order valence-corrected chi connectivity index (χ4v) is 2.66. The molecule has 0 spiro atoms. The van der Waals surface area contributed by atoms with Crippen molar-refractivity contribution in [2.45, 2.75) is 13.1 Å². The molecule has 0 atom stereocenters. The number of nitrogens with zero attached hydrogens (tertiary/aromatic N) is 1. The number of nitrogens with one attached hydrogen (secondary N) is 1. The van der Waals surface area contributed by atoms with Gasteiger partial charge in [0.1, 0.15) is 5.82 Å². The molecular weight excluding hydrogens is 319 g/mol. The summed E-state index contributed by atoms with van der Waals surface area (Å²) in [7, 11) is 0. The average Bonchev–Trinajstić information content (AvgIpc) is 2.64. The van der Waals surface area contributed by atoms with E-state index < -0.39 is 0 Å². The van der Waals surface area contributed by atoms with Crippen molar-refractivity contribution in [1.82, 2.24) is 5.32 Å². The van der Waals surface area contributed by atoms with Gasteiger partial charge < -0.3 is 5.32 Å². The molecule has 126 valence electrons. The van der Waals surface area contributed by atoms with E-state index in [2.05, 4.69) is 5.32 Å². The molecule has 0 aromatic heterocycles. The predicted molar refractivity (Wildman–Crippen MR) is 95.5 cm³/mol. The monoisotopic (exact) mass is 336 g/mol. The Balaban J connectivity index is 1.78. The first kappa shape index (κ1) is 16.8. The SMILES string of the molecule is O=[N+]([O-])c1ccc(-c2ccccc2)cc1CNCc1ccc(F)cc1.